The van der Waals surface area contributed by atoms with Crippen LogP contribution in [0.4, 0.5) is 0 Å². The quantitative estimate of drug-likeness (QED) is 0.671. The van der Waals surface area contributed by atoms with Gasteiger partial charge in [-0.1, -0.05) is 13.3 Å². The first kappa shape index (κ1) is 20.2. The van der Waals surface area contributed by atoms with E-state index < -0.39 is 0 Å². The molecule has 0 aliphatic carbocycles. The maximum atomic E-state index is 12.4. The van der Waals surface area contributed by atoms with Gasteiger partial charge in [0.15, 0.2) is 0 Å². The second-order valence-corrected chi connectivity index (χ2v) is 8.37. The summed E-state index contributed by atoms with van der Waals surface area (Å²) in [6.45, 7) is 6.14. The Morgan fingerprint density at radius 2 is 1.60 bits per heavy atom. The Kier molecular flexibility index (Phi) is 7.73. The molecule has 0 aromatic heterocycles. The van der Waals surface area contributed by atoms with E-state index in [-0.39, 0.29) is 23.9 Å². The van der Waals surface area contributed by atoms with E-state index in [1.165, 1.54) is 25.7 Å². The summed E-state index contributed by atoms with van der Waals surface area (Å²) in [7, 11) is 2.23. The monoisotopic (exact) mass is 351 g/mol. The fraction of sp³-hybridized carbons (Fsp3) is 0.900. The van der Waals surface area contributed by atoms with Crippen LogP contribution in [0.2, 0.25) is 0 Å². The standard InChI is InChI=1S/C20H37N3O2/c1-5-6-7-19(24)21-14(2)10-15(3)22-20(25)13-16-11-17-8-9-18(12-16)23(17)4/h14-18H,5-13H2,1-4H3,(H,21,24)(H,22,25). The first-order chi connectivity index (χ1) is 11.9. The predicted molar refractivity (Wildman–Crippen MR) is 101 cm³/mol. The summed E-state index contributed by atoms with van der Waals surface area (Å²) >= 11 is 0. The average Bonchev–Trinajstić information content (AvgIpc) is 2.73. The Morgan fingerprint density at radius 1 is 1.04 bits per heavy atom. The van der Waals surface area contributed by atoms with Crippen molar-refractivity contribution in [3.8, 4) is 0 Å². The van der Waals surface area contributed by atoms with Gasteiger partial charge in [0, 0.05) is 37.0 Å². The van der Waals surface area contributed by atoms with Crippen molar-refractivity contribution in [2.45, 2.75) is 103 Å². The van der Waals surface area contributed by atoms with Crippen molar-refractivity contribution in [1.82, 2.24) is 15.5 Å². The molecular weight excluding hydrogens is 314 g/mol. The highest BCUT2D eigenvalue weighted by molar-refractivity contribution is 5.77. The smallest absolute Gasteiger partial charge is 0.220 e. The highest BCUT2D eigenvalue weighted by Crippen LogP contribution is 2.38. The van der Waals surface area contributed by atoms with Crippen molar-refractivity contribution < 1.29 is 9.59 Å². The molecule has 2 aliphatic heterocycles. The van der Waals surface area contributed by atoms with Crippen LogP contribution < -0.4 is 10.6 Å². The third-order valence-corrected chi connectivity index (χ3v) is 5.95. The van der Waals surface area contributed by atoms with Crippen LogP contribution in [0, 0.1) is 5.92 Å². The van der Waals surface area contributed by atoms with Gasteiger partial charge in [-0.3, -0.25) is 9.59 Å². The zero-order chi connectivity index (χ0) is 18.4. The van der Waals surface area contributed by atoms with Gasteiger partial charge in [-0.2, -0.15) is 0 Å². The average molecular weight is 352 g/mol. The number of carbonyl (C=O) groups excluding carboxylic acids is 2. The van der Waals surface area contributed by atoms with Gasteiger partial charge in [-0.25, -0.2) is 0 Å². The van der Waals surface area contributed by atoms with Crippen molar-refractivity contribution in [3.63, 3.8) is 0 Å². The SMILES string of the molecule is CCCCC(=O)NC(C)CC(C)NC(=O)CC1CC2CCC(C1)N2C. The molecule has 0 radical (unpaired) electrons. The molecule has 0 spiro atoms. The van der Waals surface area contributed by atoms with Gasteiger partial charge in [0.05, 0.1) is 0 Å². The molecule has 2 N–H and O–H groups in total. The molecule has 5 nitrogen and oxygen atoms in total. The summed E-state index contributed by atoms with van der Waals surface area (Å²) in [4.78, 5) is 26.7. The maximum absolute atomic E-state index is 12.4. The van der Waals surface area contributed by atoms with Crippen molar-refractivity contribution in [1.29, 1.82) is 0 Å². The molecule has 0 aromatic carbocycles. The molecule has 2 heterocycles. The molecule has 2 fully saturated rings. The molecule has 4 atom stereocenters. The summed E-state index contributed by atoms with van der Waals surface area (Å²) in [6, 6.07) is 1.57. The molecule has 144 valence electrons. The molecule has 0 aromatic rings. The summed E-state index contributed by atoms with van der Waals surface area (Å²) in [5, 5.41) is 6.16. The predicted octanol–water partition coefficient (Wildman–Crippen LogP) is 2.84. The van der Waals surface area contributed by atoms with E-state index in [0.717, 1.165) is 19.3 Å². The van der Waals surface area contributed by atoms with E-state index in [9.17, 15) is 9.59 Å². The van der Waals surface area contributed by atoms with E-state index in [0.29, 0.717) is 30.8 Å². The number of piperidine rings is 1. The van der Waals surface area contributed by atoms with Crippen LogP contribution in [0.25, 0.3) is 0 Å². The van der Waals surface area contributed by atoms with Crippen LogP contribution in [-0.2, 0) is 9.59 Å². The zero-order valence-corrected chi connectivity index (χ0v) is 16.5. The maximum Gasteiger partial charge on any atom is 0.220 e. The van der Waals surface area contributed by atoms with Gasteiger partial charge in [0.25, 0.3) is 0 Å². The third kappa shape index (κ3) is 6.28. The van der Waals surface area contributed by atoms with Gasteiger partial charge in [0.1, 0.15) is 0 Å². The minimum absolute atomic E-state index is 0.0944. The molecule has 2 bridgehead atoms. The van der Waals surface area contributed by atoms with Crippen molar-refractivity contribution >= 4 is 11.8 Å². The fourth-order valence-corrected chi connectivity index (χ4v) is 4.62. The highest BCUT2D eigenvalue weighted by Gasteiger charge is 2.38. The van der Waals surface area contributed by atoms with Crippen LogP contribution in [0.15, 0.2) is 0 Å². The second-order valence-electron chi connectivity index (χ2n) is 8.37. The van der Waals surface area contributed by atoms with Crippen LogP contribution >= 0.6 is 0 Å². The number of fused-ring (bicyclic) bond motifs is 2. The van der Waals surface area contributed by atoms with E-state index in [2.05, 4.69) is 29.5 Å². The van der Waals surface area contributed by atoms with Gasteiger partial charge in [0.2, 0.25) is 11.8 Å². The molecule has 25 heavy (non-hydrogen) atoms. The Bertz CT molecular complexity index is 440. The van der Waals surface area contributed by atoms with Crippen molar-refractivity contribution in [3.05, 3.63) is 0 Å². The Labute approximate surface area is 153 Å². The van der Waals surface area contributed by atoms with Crippen LogP contribution in [0.3, 0.4) is 0 Å². The fourth-order valence-electron chi connectivity index (χ4n) is 4.62. The zero-order valence-electron chi connectivity index (χ0n) is 16.5. The number of nitrogens with zero attached hydrogens (tertiary/aromatic N) is 1. The lowest BCUT2D eigenvalue weighted by Gasteiger charge is -2.36. The lowest BCUT2D eigenvalue weighted by molar-refractivity contribution is -0.123. The summed E-state index contributed by atoms with van der Waals surface area (Å²) in [6.07, 6.45) is 8.92. The number of hydrogen-bond acceptors (Lipinski definition) is 3. The molecule has 2 rings (SSSR count). The first-order valence-electron chi connectivity index (χ1n) is 10.2. The van der Waals surface area contributed by atoms with Gasteiger partial charge in [-0.15, -0.1) is 0 Å². The summed E-state index contributed by atoms with van der Waals surface area (Å²) in [5.74, 6) is 0.827. The molecule has 4 unspecified atom stereocenters. The lowest BCUT2D eigenvalue weighted by atomic mass is 9.88. The third-order valence-electron chi connectivity index (χ3n) is 5.95. The van der Waals surface area contributed by atoms with E-state index in [4.69, 9.17) is 0 Å². The minimum Gasteiger partial charge on any atom is -0.354 e. The Balaban J connectivity index is 1.65. The van der Waals surface area contributed by atoms with E-state index in [1.54, 1.807) is 0 Å². The van der Waals surface area contributed by atoms with Crippen LogP contribution in [0.5, 0.6) is 0 Å². The number of rotatable bonds is 9. The van der Waals surface area contributed by atoms with Crippen LogP contribution in [-0.4, -0.2) is 47.9 Å². The van der Waals surface area contributed by atoms with E-state index in [1.807, 2.05) is 13.8 Å². The van der Waals surface area contributed by atoms with Crippen molar-refractivity contribution in [2.24, 2.45) is 5.92 Å². The molecule has 0 saturated carbocycles. The number of nitrogens with one attached hydrogen (secondary N) is 2. The van der Waals surface area contributed by atoms with Gasteiger partial charge >= 0.3 is 0 Å². The Hall–Kier alpha value is -1.10. The van der Waals surface area contributed by atoms with Crippen LogP contribution in [0.1, 0.15) is 78.6 Å². The number of hydrogen-bond donors (Lipinski definition) is 2. The van der Waals surface area contributed by atoms with Gasteiger partial charge in [-0.05, 0) is 65.3 Å². The van der Waals surface area contributed by atoms with E-state index >= 15 is 0 Å². The highest BCUT2D eigenvalue weighted by atomic mass is 16.2. The topological polar surface area (TPSA) is 61.4 Å². The minimum atomic E-state index is 0.0944. The summed E-state index contributed by atoms with van der Waals surface area (Å²) in [5.41, 5.74) is 0. The molecule has 5 heteroatoms. The Morgan fingerprint density at radius 3 is 2.16 bits per heavy atom. The summed E-state index contributed by atoms with van der Waals surface area (Å²) < 4.78 is 0. The second kappa shape index (κ2) is 9.56. The molecule has 2 aliphatic rings. The largest absolute Gasteiger partial charge is 0.354 e. The normalized spacial score (nSPS) is 28.4. The van der Waals surface area contributed by atoms with Gasteiger partial charge < -0.3 is 15.5 Å². The number of unbranched alkanes of at least 4 members (excludes halogenated alkanes) is 1. The first-order valence-corrected chi connectivity index (χ1v) is 10.2. The molecule has 2 amide bonds. The lowest BCUT2D eigenvalue weighted by Crippen LogP contribution is -2.43. The van der Waals surface area contributed by atoms with Crippen molar-refractivity contribution in [2.75, 3.05) is 7.05 Å². The number of carbonyl (C=O) groups is 2. The molecular formula is C20H37N3O2. The molecule has 2 saturated heterocycles. The number of amides is 2.